The Morgan fingerprint density at radius 2 is 1.71 bits per heavy atom. The quantitative estimate of drug-likeness (QED) is 0.717. The fourth-order valence-corrected chi connectivity index (χ4v) is 2.73. The monoisotopic (exact) mass is 382 g/mol. The van der Waals surface area contributed by atoms with E-state index in [4.69, 9.17) is 4.74 Å². The van der Waals surface area contributed by atoms with Gasteiger partial charge in [-0.15, -0.1) is 0 Å². The molecule has 0 heterocycles. The molecule has 0 fully saturated rings. The van der Waals surface area contributed by atoms with Crippen LogP contribution in [0.15, 0.2) is 48.5 Å². The Labute approximate surface area is 165 Å². The normalized spacial score (nSPS) is 12.6. The Bertz CT molecular complexity index is 849. The zero-order chi connectivity index (χ0) is 20.7. The molecule has 0 saturated heterocycles. The average Bonchev–Trinajstić information content (AvgIpc) is 2.72. The number of methoxy groups -OCH3 is 1. The second-order valence-corrected chi connectivity index (χ2v) is 6.71. The van der Waals surface area contributed by atoms with Gasteiger partial charge in [0.05, 0.1) is 12.7 Å². The molecule has 2 atom stereocenters. The van der Waals surface area contributed by atoms with Crippen molar-refractivity contribution >= 4 is 23.5 Å². The molecule has 2 N–H and O–H groups in total. The van der Waals surface area contributed by atoms with Crippen molar-refractivity contribution in [3.8, 4) is 0 Å². The third-order valence-electron chi connectivity index (χ3n) is 4.73. The number of hydrogen-bond acceptors (Lipinski definition) is 4. The molecule has 6 heteroatoms. The van der Waals surface area contributed by atoms with Gasteiger partial charge in [0.25, 0.3) is 5.91 Å². The summed E-state index contributed by atoms with van der Waals surface area (Å²) < 4.78 is 4.73. The summed E-state index contributed by atoms with van der Waals surface area (Å²) >= 11 is 0. The Morgan fingerprint density at radius 3 is 2.32 bits per heavy atom. The third-order valence-corrected chi connectivity index (χ3v) is 4.73. The molecular weight excluding hydrogens is 356 g/mol. The number of rotatable bonds is 7. The molecule has 148 valence electrons. The number of amides is 2. The summed E-state index contributed by atoms with van der Waals surface area (Å²) in [7, 11) is 1.30. The minimum Gasteiger partial charge on any atom is -0.465 e. The molecule has 0 unspecified atom stereocenters. The lowest BCUT2D eigenvalue weighted by molar-refractivity contribution is -0.119. The van der Waals surface area contributed by atoms with Gasteiger partial charge in [0, 0.05) is 11.3 Å². The van der Waals surface area contributed by atoms with Crippen LogP contribution in [-0.4, -0.2) is 30.9 Å². The van der Waals surface area contributed by atoms with Gasteiger partial charge < -0.3 is 15.4 Å². The van der Waals surface area contributed by atoms with Crippen LogP contribution in [0.25, 0.3) is 0 Å². The largest absolute Gasteiger partial charge is 0.465 e. The molecule has 0 aliphatic heterocycles. The standard InChI is InChI=1S/C22H26N2O4/c1-5-14(2)19(24-20(25)16-9-7-6-8-10-16)21(26)23-18-13-17(22(27)28-4)12-11-15(18)3/h6-14,19H,5H2,1-4H3,(H,23,26)(H,24,25)/t14-,19-/m0/s1. The van der Waals surface area contributed by atoms with Gasteiger partial charge in [-0.1, -0.05) is 44.5 Å². The third kappa shape index (κ3) is 5.19. The lowest BCUT2D eigenvalue weighted by Gasteiger charge is -2.24. The minimum absolute atomic E-state index is 0.0724. The molecule has 2 aromatic carbocycles. The molecule has 2 amide bonds. The summed E-state index contributed by atoms with van der Waals surface area (Å²) in [6.45, 7) is 5.70. The van der Waals surface area contributed by atoms with Gasteiger partial charge in [-0.2, -0.15) is 0 Å². The maximum Gasteiger partial charge on any atom is 0.337 e. The highest BCUT2D eigenvalue weighted by Crippen LogP contribution is 2.19. The maximum absolute atomic E-state index is 12.9. The van der Waals surface area contributed by atoms with E-state index in [2.05, 4.69) is 10.6 Å². The molecule has 6 nitrogen and oxygen atoms in total. The van der Waals surface area contributed by atoms with Crippen LogP contribution in [-0.2, 0) is 9.53 Å². The summed E-state index contributed by atoms with van der Waals surface area (Å²) in [6.07, 6.45) is 0.717. The van der Waals surface area contributed by atoms with Gasteiger partial charge in [-0.3, -0.25) is 9.59 Å². The van der Waals surface area contributed by atoms with E-state index >= 15 is 0 Å². The van der Waals surface area contributed by atoms with Crippen LogP contribution in [0, 0.1) is 12.8 Å². The van der Waals surface area contributed by atoms with Gasteiger partial charge in [0.1, 0.15) is 6.04 Å². The Kier molecular flexibility index (Phi) is 7.32. The van der Waals surface area contributed by atoms with E-state index in [9.17, 15) is 14.4 Å². The predicted molar refractivity (Wildman–Crippen MR) is 108 cm³/mol. The lowest BCUT2D eigenvalue weighted by Crippen LogP contribution is -2.47. The smallest absolute Gasteiger partial charge is 0.337 e. The van der Waals surface area contributed by atoms with Crippen molar-refractivity contribution in [2.45, 2.75) is 33.2 Å². The van der Waals surface area contributed by atoms with Gasteiger partial charge in [0.2, 0.25) is 5.91 Å². The molecule has 0 aliphatic carbocycles. The van der Waals surface area contributed by atoms with E-state index in [1.807, 2.05) is 26.8 Å². The Hall–Kier alpha value is -3.15. The van der Waals surface area contributed by atoms with Crippen LogP contribution in [0.2, 0.25) is 0 Å². The number of esters is 1. The summed E-state index contributed by atoms with van der Waals surface area (Å²) in [4.78, 5) is 37.2. The van der Waals surface area contributed by atoms with E-state index < -0.39 is 12.0 Å². The first-order valence-electron chi connectivity index (χ1n) is 9.23. The molecule has 28 heavy (non-hydrogen) atoms. The highest BCUT2D eigenvalue weighted by atomic mass is 16.5. The van der Waals surface area contributed by atoms with Gasteiger partial charge in [-0.25, -0.2) is 4.79 Å². The van der Waals surface area contributed by atoms with Crippen molar-refractivity contribution in [2.24, 2.45) is 5.92 Å². The topological polar surface area (TPSA) is 84.5 Å². The van der Waals surface area contributed by atoms with Crippen LogP contribution in [0.5, 0.6) is 0 Å². The Balaban J connectivity index is 2.22. The van der Waals surface area contributed by atoms with Crippen molar-refractivity contribution in [1.82, 2.24) is 5.32 Å². The first kappa shape index (κ1) is 21.2. The highest BCUT2D eigenvalue weighted by molar-refractivity contribution is 6.02. The molecule has 2 aromatic rings. The van der Waals surface area contributed by atoms with Crippen LogP contribution < -0.4 is 10.6 Å². The fraction of sp³-hybridized carbons (Fsp3) is 0.318. The van der Waals surface area contributed by atoms with Gasteiger partial charge in [-0.05, 0) is 42.7 Å². The number of carbonyl (C=O) groups excluding carboxylic acids is 3. The Morgan fingerprint density at radius 1 is 1.04 bits per heavy atom. The fourth-order valence-electron chi connectivity index (χ4n) is 2.73. The van der Waals surface area contributed by atoms with E-state index in [0.717, 1.165) is 5.56 Å². The summed E-state index contributed by atoms with van der Waals surface area (Å²) in [5, 5.41) is 5.67. The van der Waals surface area contributed by atoms with Gasteiger partial charge in [0.15, 0.2) is 0 Å². The van der Waals surface area contributed by atoms with E-state index in [0.29, 0.717) is 23.2 Å². The average molecular weight is 382 g/mol. The van der Waals surface area contributed by atoms with Crippen LogP contribution in [0.4, 0.5) is 5.69 Å². The molecular formula is C22H26N2O4. The number of carbonyl (C=O) groups is 3. The summed E-state index contributed by atoms with van der Waals surface area (Å²) in [6, 6.07) is 13.0. The number of ether oxygens (including phenoxy) is 1. The molecule has 0 saturated carbocycles. The number of anilines is 1. The van der Waals surface area contributed by atoms with Crippen LogP contribution in [0.1, 0.15) is 46.5 Å². The second kappa shape index (κ2) is 9.69. The van der Waals surface area contributed by atoms with Gasteiger partial charge >= 0.3 is 5.97 Å². The molecule has 2 rings (SSSR count). The highest BCUT2D eigenvalue weighted by Gasteiger charge is 2.27. The number of nitrogens with one attached hydrogen (secondary N) is 2. The lowest BCUT2D eigenvalue weighted by atomic mass is 9.97. The maximum atomic E-state index is 12.9. The van der Waals surface area contributed by atoms with Crippen molar-refractivity contribution in [2.75, 3.05) is 12.4 Å². The van der Waals surface area contributed by atoms with E-state index in [1.54, 1.807) is 42.5 Å². The number of benzene rings is 2. The van der Waals surface area contributed by atoms with Crippen molar-refractivity contribution in [3.05, 3.63) is 65.2 Å². The summed E-state index contributed by atoms with van der Waals surface area (Å²) in [5.74, 6) is -1.19. The molecule has 0 bridgehead atoms. The SMILES string of the molecule is CC[C@H](C)[C@H](NC(=O)c1ccccc1)C(=O)Nc1cc(C(=O)OC)ccc1C. The zero-order valence-corrected chi connectivity index (χ0v) is 16.6. The molecule has 0 spiro atoms. The zero-order valence-electron chi connectivity index (χ0n) is 16.6. The second-order valence-electron chi connectivity index (χ2n) is 6.71. The number of aryl methyl sites for hydroxylation is 1. The van der Waals surface area contributed by atoms with Crippen molar-refractivity contribution in [3.63, 3.8) is 0 Å². The summed E-state index contributed by atoms with van der Waals surface area (Å²) in [5.41, 5.74) is 2.15. The molecule has 0 aromatic heterocycles. The predicted octanol–water partition coefficient (Wildman–Crippen LogP) is 3.56. The minimum atomic E-state index is -0.709. The van der Waals surface area contributed by atoms with Crippen molar-refractivity contribution in [1.29, 1.82) is 0 Å². The van der Waals surface area contributed by atoms with E-state index in [-0.39, 0.29) is 17.7 Å². The van der Waals surface area contributed by atoms with Crippen LogP contribution >= 0.6 is 0 Å². The van der Waals surface area contributed by atoms with E-state index in [1.165, 1.54) is 7.11 Å². The first-order chi connectivity index (χ1) is 13.4. The first-order valence-corrected chi connectivity index (χ1v) is 9.23. The van der Waals surface area contributed by atoms with Crippen LogP contribution in [0.3, 0.4) is 0 Å². The molecule has 0 radical (unpaired) electrons. The number of hydrogen-bond donors (Lipinski definition) is 2. The van der Waals surface area contributed by atoms with Crippen molar-refractivity contribution < 1.29 is 19.1 Å². The molecule has 0 aliphatic rings.